The third kappa shape index (κ3) is 3.52. The largest absolute Gasteiger partial charge is 0.312 e. The van der Waals surface area contributed by atoms with E-state index in [9.17, 15) is 9.18 Å². The van der Waals surface area contributed by atoms with Gasteiger partial charge in [0.05, 0.1) is 0 Å². The number of likely N-dealkylation sites (N-methyl/N-ethyl adjacent to an activating group) is 1. The minimum Gasteiger partial charge on any atom is -0.312 e. The van der Waals surface area contributed by atoms with Gasteiger partial charge in [-0.25, -0.2) is 4.39 Å². The Hall–Kier alpha value is -2.42. The highest BCUT2D eigenvalue weighted by atomic mass is 19.1. The molecule has 0 fully saturated rings. The molecule has 2 aromatic carbocycles. The van der Waals surface area contributed by atoms with Crippen LogP contribution in [0.4, 0.5) is 10.1 Å². The highest BCUT2D eigenvalue weighted by Gasteiger charge is 2.06. The van der Waals surface area contributed by atoms with Gasteiger partial charge in [0.15, 0.2) is 0 Å². The second-order valence-electron chi connectivity index (χ2n) is 4.12. The summed E-state index contributed by atoms with van der Waals surface area (Å²) in [5, 5.41) is 0. The summed E-state index contributed by atoms with van der Waals surface area (Å²) in [6, 6.07) is 15.4. The first-order chi connectivity index (χ1) is 9.16. The van der Waals surface area contributed by atoms with Gasteiger partial charge in [-0.2, -0.15) is 0 Å². The van der Waals surface area contributed by atoms with Gasteiger partial charge in [-0.05, 0) is 35.9 Å². The highest BCUT2D eigenvalue weighted by molar-refractivity contribution is 6.03. The van der Waals surface area contributed by atoms with Crippen molar-refractivity contribution in [1.82, 2.24) is 0 Å². The zero-order chi connectivity index (χ0) is 13.7. The van der Waals surface area contributed by atoms with E-state index < -0.39 is 0 Å². The van der Waals surface area contributed by atoms with Crippen LogP contribution in [0.15, 0.2) is 60.7 Å². The Morgan fingerprint density at radius 2 is 1.68 bits per heavy atom. The van der Waals surface area contributed by atoms with Gasteiger partial charge in [-0.15, -0.1) is 0 Å². The van der Waals surface area contributed by atoms with Crippen LogP contribution in [0, 0.1) is 5.82 Å². The van der Waals surface area contributed by atoms with Crippen LogP contribution in [0.25, 0.3) is 6.08 Å². The third-order valence-electron chi connectivity index (χ3n) is 2.76. The van der Waals surface area contributed by atoms with Crippen LogP contribution in [0.2, 0.25) is 0 Å². The molecule has 0 bridgehead atoms. The van der Waals surface area contributed by atoms with Gasteiger partial charge in [-0.3, -0.25) is 4.79 Å². The minimum atomic E-state index is -0.287. The average molecular weight is 255 g/mol. The molecule has 0 spiro atoms. The van der Waals surface area contributed by atoms with Crippen molar-refractivity contribution in [3.05, 3.63) is 72.1 Å². The lowest BCUT2D eigenvalue weighted by Gasteiger charge is -2.14. The van der Waals surface area contributed by atoms with Crippen molar-refractivity contribution in [2.75, 3.05) is 11.9 Å². The van der Waals surface area contributed by atoms with Crippen LogP contribution in [-0.2, 0) is 4.79 Å². The van der Waals surface area contributed by atoms with Crippen molar-refractivity contribution < 1.29 is 9.18 Å². The van der Waals surface area contributed by atoms with E-state index in [2.05, 4.69) is 0 Å². The number of carbonyl (C=O) groups is 1. The quantitative estimate of drug-likeness (QED) is 0.769. The highest BCUT2D eigenvalue weighted by Crippen LogP contribution is 2.12. The number of carbonyl (C=O) groups excluding carboxylic acids is 1. The maximum atomic E-state index is 12.7. The molecule has 1 amide bonds. The van der Waals surface area contributed by atoms with E-state index in [1.165, 1.54) is 18.2 Å². The van der Waals surface area contributed by atoms with Crippen LogP contribution < -0.4 is 4.90 Å². The predicted molar refractivity (Wildman–Crippen MR) is 75.3 cm³/mol. The first-order valence-electron chi connectivity index (χ1n) is 5.93. The zero-order valence-corrected chi connectivity index (χ0v) is 10.6. The smallest absolute Gasteiger partial charge is 0.250 e. The molecule has 2 nitrogen and oxygen atoms in total. The Kier molecular flexibility index (Phi) is 4.08. The number of nitrogens with zero attached hydrogens (tertiary/aromatic N) is 1. The molecular weight excluding hydrogens is 241 g/mol. The van der Waals surface area contributed by atoms with E-state index in [1.54, 1.807) is 30.2 Å². The van der Waals surface area contributed by atoms with Crippen LogP contribution in [0.5, 0.6) is 0 Å². The Morgan fingerprint density at radius 1 is 1.05 bits per heavy atom. The minimum absolute atomic E-state index is 0.129. The molecule has 0 aliphatic heterocycles. The van der Waals surface area contributed by atoms with Gasteiger partial charge in [0.2, 0.25) is 0 Å². The fourth-order valence-corrected chi connectivity index (χ4v) is 1.63. The molecule has 0 aliphatic rings. The Morgan fingerprint density at radius 3 is 2.32 bits per heavy atom. The van der Waals surface area contributed by atoms with E-state index in [1.807, 2.05) is 30.3 Å². The molecule has 3 heteroatoms. The molecule has 0 atom stereocenters. The summed E-state index contributed by atoms with van der Waals surface area (Å²) in [6.07, 6.45) is 3.14. The molecule has 0 saturated heterocycles. The second kappa shape index (κ2) is 5.96. The van der Waals surface area contributed by atoms with E-state index >= 15 is 0 Å². The molecule has 0 saturated carbocycles. The fourth-order valence-electron chi connectivity index (χ4n) is 1.63. The summed E-state index contributed by atoms with van der Waals surface area (Å²) in [5.74, 6) is -0.416. The molecule has 2 aromatic rings. The normalized spacial score (nSPS) is 10.6. The summed E-state index contributed by atoms with van der Waals surface area (Å²) < 4.78 is 12.7. The summed E-state index contributed by atoms with van der Waals surface area (Å²) >= 11 is 0. The summed E-state index contributed by atoms with van der Waals surface area (Å²) in [5.41, 5.74) is 1.62. The van der Waals surface area contributed by atoms with Crippen molar-refractivity contribution >= 4 is 17.7 Å². The first-order valence-corrected chi connectivity index (χ1v) is 5.93. The molecular formula is C16H14FNO. The van der Waals surface area contributed by atoms with Crippen LogP contribution in [0.1, 0.15) is 5.56 Å². The molecule has 96 valence electrons. The summed E-state index contributed by atoms with van der Waals surface area (Å²) in [4.78, 5) is 13.5. The molecule has 19 heavy (non-hydrogen) atoms. The lowest BCUT2D eigenvalue weighted by molar-refractivity contribution is -0.113. The van der Waals surface area contributed by atoms with Crippen molar-refractivity contribution in [3.63, 3.8) is 0 Å². The Balaban J connectivity index is 2.07. The average Bonchev–Trinajstić information content (AvgIpc) is 2.46. The van der Waals surface area contributed by atoms with Gasteiger partial charge in [0.25, 0.3) is 5.91 Å². The molecule has 0 unspecified atom stereocenters. The zero-order valence-electron chi connectivity index (χ0n) is 10.6. The number of hydrogen-bond donors (Lipinski definition) is 0. The molecule has 2 rings (SSSR count). The first kappa shape index (κ1) is 13.0. The maximum absolute atomic E-state index is 12.7. The van der Waals surface area contributed by atoms with E-state index in [0.29, 0.717) is 0 Å². The van der Waals surface area contributed by atoms with Crippen molar-refractivity contribution in [1.29, 1.82) is 0 Å². The van der Waals surface area contributed by atoms with Gasteiger partial charge >= 0.3 is 0 Å². The van der Waals surface area contributed by atoms with E-state index in [4.69, 9.17) is 0 Å². The number of benzene rings is 2. The van der Waals surface area contributed by atoms with Gasteiger partial charge < -0.3 is 4.90 Å². The summed E-state index contributed by atoms with van der Waals surface area (Å²) in [6.45, 7) is 0. The number of halogens is 1. The maximum Gasteiger partial charge on any atom is 0.250 e. The SMILES string of the molecule is CN(C(=O)C=Cc1ccc(F)cc1)c1ccccc1. The number of amides is 1. The second-order valence-corrected chi connectivity index (χ2v) is 4.12. The molecule has 0 aromatic heterocycles. The van der Waals surface area contributed by atoms with Gasteiger partial charge in [0.1, 0.15) is 5.82 Å². The topological polar surface area (TPSA) is 20.3 Å². The number of rotatable bonds is 3. The number of anilines is 1. The van der Waals surface area contributed by atoms with Crippen LogP contribution >= 0.6 is 0 Å². The van der Waals surface area contributed by atoms with Gasteiger partial charge in [-0.1, -0.05) is 30.3 Å². The monoisotopic (exact) mass is 255 g/mol. The molecule has 0 aliphatic carbocycles. The molecule has 0 N–H and O–H groups in total. The molecule has 0 heterocycles. The van der Waals surface area contributed by atoms with Gasteiger partial charge in [0, 0.05) is 18.8 Å². The Labute approximate surface area is 111 Å². The van der Waals surface area contributed by atoms with E-state index in [-0.39, 0.29) is 11.7 Å². The fraction of sp³-hybridized carbons (Fsp3) is 0.0625. The van der Waals surface area contributed by atoms with E-state index in [0.717, 1.165) is 11.3 Å². The standard InChI is InChI=1S/C16H14FNO/c1-18(15-5-3-2-4-6-15)16(19)12-9-13-7-10-14(17)11-8-13/h2-12H,1H3. The summed E-state index contributed by atoms with van der Waals surface area (Å²) in [7, 11) is 1.71. The number of hydrogen-bond acceptors (Lipinski definition) is 1. The van der Waals surface area contributed by atoms with Crippen molar-refractivity contribution in [2.24, 2.45) is 0 Å². The van der Waals surface area contributed by atoms with Crippen molar-refractivity contribution in [2.45, 2.75) is 0 Å². The predicted octanol–water partition coefficient (Wildman–Crippen LogP) is 3.50. The van der Waals surface area contributed by atoms with Crippen LogP contribution in [-0.4, -0.2) is 13.0 Å². The third-order valence-corrected chi connectivity index (χ3v) is 2.76. The molecule has 0 radical (unpaired) electrons. The van der Waals surface area contributed by atoms with Crippen molar-refractivity contribution in [3.8, 4) is 0 Å². The lowest BCUT2D eigenvalue weighted by Crippen LogP contribution is -2.23. The Bertz CT molecular complexity index is 575. The number of para-hydroxylation sites is 1. The van der Waals surface area contributed by atoms with Crippen LogP contribution in [0.3, 0.4) is 0 Å². The lowest BCUT2D eigenvalue weighted by atomic mass is 10.2.